The lowest BCUT2D eigenvalue weighted by Crippen LogP contribution is -2.53. The second kappa shape index (κ2) is 11.8. The smallest absolute Gasteiger partial charge is 0.161 e. The number of quaternary nitrogens is 1. The molecule has 1 aromatic rings. The van der Waals surface area contributed by atoms with Gasteiger partial charge in [-0.25, -0.2) is 13.1 Å². The topological polar surface area (TPSA) is 105 Å². The lowest BCUT2D eigenvalue weighted by atomic mass is 10.3. The fourth-order valence-electron chi connectivity index (χ4n) is 2.88. The zero-order valence-electron chi connectivity index (χ0n) is 17.0. The lowest BCUT2D eigenvalue weighted by Gasteiger charge is -2.36. The molecule has 0 spiro atoms. The monoisotopic (exact) mass is 420 g/mol. The van der Waals surface area contributed by atoms with Crippen LogP contribution in [0, 0.1) is 0 Å². The van der Waals surface area contributed by atoms with Gasteiger partial charge >= 0.3 is 0 Å². The number of likely N-dealkylation sites (N-methyl/N-ethyl adjacent to an activating group) is 1. The molecule has 0 amide bonds. The summed E-state index contributed by atoms with van der Waals surface area (Å²) in [6.07, 6.45) is 1.91. The van der Waals surface area contributed by atoms with E-state index in [9.17, 15) is 8.42 Å². The molecule has 10 nitrogen and oxygen atoms in total. The van der Waals surface area contributed by atoms with Crippen LogP contribution in [0.15, 0.2) is 6.20 Å². The molecule has 1 N–H and O–H groups in total. The number of ether oxygens (including phenoxy) is 3. The Morgan fingerprint density at radius 3 is 2.32 bits per heavy atom. The predicted molar refractivity (Wildman–Crippen MR) is 105 cm³/mol. The van der Waals surface area contributed by atoms with Gasteiger partial charge in [-0.2, -0.15) is 0 Å². The van der Waals surface area contributed by atoms with Gasteiger partial charge in [0.15, 0.2) is 9.84 Å². The number of hydrogen-bond donors (Lipinski definition) is 1. The molecule has 0 aromatic carbocycles. The van der Waals surface area contributed by atoms with Crippen molar-refractivity contribution in [3.8, 4) is 0 Å². The number of sulfone groups is 1. The summed E-state index contributed by atoms with van der Waals surface area (Å²) in [6, 6.07) is 0. The lowest BCUT2D eigenvalue weighted by molar-refractivity contribution is -0.919. The Bertz CT molecular complexity index is 653. The number of hydrogen-bond acceptors (Lipinski definition) is 8. The van der Waals surface area contributed by atoms with Crippen LogP contribution in [0.1, 0.15) is 5.69 Å². The van der Waals surface area contributed by atoms with Gasteiger partial charge in [0.25, 0.3) is 0 Å². The van der Waals surface area contributed by atoms with Gasteiger partial charge in [-0.1, -0.05) is 5.21 Å². The normalized spacial score (nSPS) is 18.4. The van der Waals surface area contributed by atoms with Crippen molar-refractivity contribution in [3.05, 3.63) is 11.9 Å². The molecule has 1 aliphatic heterocycles. The van der Waals surface area contributed by atoms with Crippen molar-refractivity contribution < 1.29 is 27.1 Å². The molecule has 0 aliphatic carbocycles. The van der Waals surface area contributed by atoms with E-state index in [-0.39, 0.29) is 11.5 Å². The van der Waals surface area contributed by atoms with Crippen LogP contribution in [0.2, 0.25) is 0 Å². The number of nitrogens with zero attached hydrogens (tertiary/aromatic N) is 4. The van der Waals surface area contributed by atoms with Crippen LogP contribution in [0.5, 0.6) is 0 Å². The molecule has 0 unspecified atom stereocenters. The molecule has 0 atom stereocenters. The average molecular weight is 421 g/mol. The molecule has 11 heteroatoms. The fraction of sp³-hybridized carbons (Fsp3) is 0.882. The Labute approximate surface area is 167 Å². The summed E-state index contributed by atoms with van der Waals surface area (Å²) < 4.78 is 42.0. The molecule has 0 saturated carbocycles. The highest BCUT2D eigenvalue weighted by Crippen LogP contribution is 2.15. The molecule has 0 bridgehead atoms. The third-order valence-electron chi connectivity index (χ3n) is 4.72. The van der Waals surface area contributed by atoms with Crippen molar-refractivity contribution in [1.82, 2.24) is 20.3 Å². The van der Waals surface area contributed by atoms with Crippen LogP contribution in [0.25, 0.3) is 0 Å². The Kier molecular flexibility index (Phi) is 9.75. The predicted octanol–water partition coefficient (Wildman–Crippen LogP) is -1.08. The highest BCUT2D eigenvalue weighted by atomic mass is 32.2. The van der Waals surface area contributed by atoms with Crippen LogP contribution in [0.4, 0.5) is 0 Å². The molecule has 28 heavy (non-hydrogen) atoms. The van der Waals surface area contributed by atoms with Crippen molar-refractivity contribution in [1.29, 1.82) is 0 Å². The quantitative estimate of drug-likeness (QED) is 0.299. The second-order valence-corrected chi connectivity index (χ2v) is 9.59. The minimum Gasteiger partial charge on any atom is -0.378 e. The largest absolute Gasteiger partial charge is 0.378 e. The average Bonchev–Trinajstić information content (AvgIpc) is 3.09. The van der Waals surface area contributed by atoms with Gasteiger partial charge in [-0.3, -0.25) is 0 Å². The van der Waals surface area contributed by atoms with E-state index in [1.165, 1.54) is 0 Å². The Balaban J connectivity index is 1.53. The van der Waals surface area contributed by atoms with E-state index in [0.29, 0.717) is 70.3 Å². The summed E-state index contributed by atoms with van der Waals surface area (Å²) in [5.41, 5.74) is 0.878. The maximum absolute atomic E-state index is 11.6. The van der Waals surface area contributed by atoms with Crippen LogP contribution in [0.3, 0.4) is 0 Å². The second-order valence-electron chi connectivity index (χ2n) is 7.29. The Morgan fingerprint density at radius 1 is 1.07 bits per heavy atom. The van der Waals surface area contributed by atoms with Crippen LogP contribution in [-0.2, 0) is 37.1 Å². The Hall–Kier alpha value is -1.11. The maximum atomic E-state index is 11.6. The summed E-state index contributed by atoms with van der Waals surface area (Å²) >= 11 is 0. The van der Waals surface area contributed by atoms with Crippen molar-refractivity contribution in [2.24, 2.45) is 0 Å². The van der Waals surface area contributed by atoms with Crippen molar-refractivity contribution in [2.75, 3.05) is 84.9 Å². The van der Waals surface area contributed by atoms with Crippen LogP contribution < -0.4 is 5.32 Å². The molecule has 1 saturated heterocycles. The fourth-order valence-corrected chi connectivity index (χ4v) is 4.52. The molecular formula is C17H34N5O5S+. The van der Waals surface area contributed by atoms with Crippen LogP contribution in [-0.4, -0.2) is 113 Å². The van der Waals surface area contributed by atoms with E-state index in [1.807, 2.05) is 13.2 Å². The Morgan fingerprint density at radius 2 is 1.68 bits per heavy atom. The first-order chi connectivity index (χ1) is 13.4. The standard InChI is InChI=1S/C17H34N5O5S/c1-18-3-7-25-9-11-27-12-10-26-8-4-21-15-17(19-20-21)16-22(2)5-13-28(23,24)14-6-22/h15,18H,3-14,16H2,1-2H3/q+1. The van der Waals surface area contributed by atoms with E-state index in [4.69, 9.17) is 14.2 Å². The molecule has 162 valence electrons. The molecule has 2 rings (SSSR count). The summed E-state index contributed by atoms with van der Waals surface area (Å²) in [5, 5.41) is 11.4. The summed E-state index contributed by atoms with van der Waals surface area (Å²) in [6.45, 7) is 6.86. The van der Waals surface area contributed by atoms with Gasteiger partial charge in [0, 0.05) is 6.54 Å². The van der Waals surface area contributed by atoms with E-state index < -0.39 is 9.84 Å². The zero-order chi connectivity index (χ0) is 20.3. The molecule has 1 aliphatic rings. The number of nitrogens with one attached hydrogen (secondary N) is 1. The van der Waals surface area contributed by atoms with E-state index in [1.54, 1.807) is 4.68 Å². The van der Waals surface area contributed by atoms with Crippen molar-refractivity contribution in [3.63, 3.8) is 0 Å². The minimum absolute atomic E-state index is 0.246. The third kappa shape index (κ3) is 8.93. The number of aromatic nitrogens is 3. The third-order valence-corrected chi connectivity index (χ3v) is 6.33. The maximum Gasteiger partial charge on any atom is 0.161 e. The molecule has 1 fully saturated rings. The summed E-state index contributed by atoms with van der Waals surface area (Å²) in [7, 11) is 1.10. The minimum atomic E-state index is -2.86. The molecule has 1 aromatic heterocycles. The van der Waals surface area contributed by atoms with E-state index in [2.05, 4.69) is 22.7 Å². The summed E-state index contributed by atoms with van der Waals surface area (Å²) in [5.74, 6) is 0.491. The van der Waals surface area contributed by atoms with Gasteiger partial charge in [-0.15, -0.1) is 5.10 Å². The van der Waals surface area contributed by atoms with Crippen LogP contribution >= 0.6 is 0 Å². The van der Waals surface area contributed by atoms with Gasteiger partial charge in [0.1, 0.15) is 12.2 Å². The SMILES string of the molecule is CNCCOCCOCCOCCn1cc(C[N+]2(C)CCS(=O)(=O)CC2)nn1. The van der Waals surface area contributed by atoms with E-state index in [0.717, 1.165) is 12.2 Å². The first-order valence-electron chi connectivity index (χ1n) is 9.73. The number of rotatable bonds is 14. The van der Waals surface area contributed by atoms with Gasteiger partial charge in [0.05, 0.1) is 84.0 Å². The van der Waals surface area contributed by atoms with Gasteiger partial charge < -0.3 is 24.0 Å². The molecule has 0 radical (unpaired) electrons. The highest BCUT2D eigenvalue weighted by Gasteiger charge is 2.33. The highest BCUT2D eigenvalue weighted by molar-refractivity contribution is 7.91. The van der Waals surface area contributed by atoms with Crippen molar-refractivity contribution in [2.45, 2.75) is 13.1 Å². The summed E-state index contributed by atoms with van der Waals surface area (Å²) in [4.78, 5) is 0. The molecule has 2 heterocycles. The molecular weight excluding hydrogens is 386 g/mol. The first-order valence-corrected chi connectivity index (χ1v) is 11.6. The first kappa shape index (κ1) is 23.2. The van der Waals surface area contributed by atoms with Gasteiger partial charge in [0.2, 0.25) is 0 Å². The van der Waals surface area contributed by atoms with E-state index >= 15 is 0 Å². The van der Waals surface area contributed by atoms with Crippen molar-refractivity contribution >= 4 is 9.84 Å². The zero-order valence-corrected chi connectivity index (χ0v) is 17.8. The van der Waals surface area contributed by atoms with Gasteiger partial charge in [-0.05, 0) is 7.05 Å².